The van der Waals surface area contributed by atoms with Gasteiger partial charge in [-0.05, 0) is 37.6 Å². The summed E-state index contributed by atoms with van der Waals surface area (Å²) in [6.07, 6.45) is 7.01. The number of ether oxygens (including phenoxy) is 3. The van der Waals surface area contributed by atoms with Gasteiger partial charge in [0.1, 0.15) is 10.8 Å². The Morgan fingerprint density at radius 2 is 1.81 bits per heavy atom. The first-order valence-electron chi connectivity index (χ1n) is 12.9. The number of azide groups is 1. The van der Waals surface area contributed by atoms with Gasteiger partial charge in [-0.3, -0.25) is 0 Å². The van der Waals surface area contributed by atoms with Gasteiger partial charge in [-0.1, -0.05) is 30.6 Å². The van der Waals surface area contributed by atoms with Gasteiger partial charge in [0.15, 0.2) is 5.65 Å². The van der Waals surface area contributed by atoms with Crippen molar-refractivity contribution in [2.24, 2.45) is 5.11 Å². The van der Waals surface area contributed by atoms with Crippen molar-refractivity contribution in [2.45, 2.75) is 64.0 Å². The lowest BCUT2D eigenvalue weighted by Crippen LogP contribution is -2.31. The first-order valence-corrected chi connectivity index (χ1v) is 13.3. The molecule has 36 heavy (non-hydrogen) atoms. The van der Waals surface area contributed by atoms with Crippen LogP contribution in [0.4, 0.5) is 5.82 Å². The van der Waals surface area contributed by atoms with Gasteiger partial charge in [0.25, 0.3) is 0 Å². The summed E-state index contributed by atoms with van der Waals surface area (Å²) in [5, 5.41) is 15.7. The zero-order valence-corrected chi connectivity index (χ0v) is 22.1. The molecule has 2 atom stereocenters. The van der Waals surface area contributed by atoms with Gasteiger partial charge >= 0.3 is 0 Å². The Kier molecular flexibility index (Phi) is 12.5. The Hall–Kier alpha value is -2.14. The highest BCUT2D eigenvalue weighted by Gasteiger charge is 2.25. The van der Waals surface area contributed by atoms with Crippen LogP contribution in [0.1, 0.15) is 57.6 Å². The van der Waals surface area contributed by atoms with Crippen molar-refractivity contribution in [3.8, 4) is 0 Å². The van der Waals surface area contributed by atoms with Crippen LogP contribution in [0.3, 0.4) is 0 Å². The normalized spacial score (nSPS) is 17.7. The third kappa shape index (κ3) is 8.76. The molecule has 2 heterocycles. The number of halogens is 1. The van der Waals surface area contributed by atoms with Crippen LogP contribution >= 0.6 is 11.6 Å². The van der Waals surface area contributed by atoms with Gasteiger partial charge in [0.2, 0.25) is 0 Å². The summed E-state index contributed by atoms with van der Waals surface area (Å²) in [6.45, 7) is 8.69. The molecule has 1 aliphatic rings. The van der Waals surface area contributed by atoms with E-state index in [1.54, 1.807) is 6.20 Å². The van der Waals surface area contributed by atoms with E-state index in [9.17, 15) is 0 Å². The Balaban J connectivity index is 1.33. The van der Waals surface area contributed by atoms with Crippen molar-refractivity contribution in [3.63, 3.8) is 0 Å². The maximum Gasteiger partial charge on any atom is 0.176 e. The van der Waals surface area contributed by atoms with Crippen LogP contribution in [0.5, 0.6) is 0 Å². The van der Waals surface area contributed by atoms with Gasteiger partial charge in [-0.15, -0.1) is 0 Å². The molecule has 12 heteroatoms. The van der Waals surface area contributed by atoms with Crippen LogP contribution in [-0.4, -0.2) is 79.4 Å². The lowest BCUT2D eigenvalue weighted by Gasteiger charge is -2.19. The minimum atomic E-state index is 0.344. The molecule has 0 radical (unpaired) electrons. The summed E-state index contributed by atoms with van der Waals surface area (Å²) < 4.78 is 18.2. The van der Waals surface area contributed by atoms with Gasteiger partial charge in [-0.25, -0.2) is 4.98 Å². The highest BCUT2D eigenvalue weighted by Crippen LogP contribution is 2.29. The quantitative estimate of drug-likeness (QED) is 0.127. The number of anilines is 1. The summed E-state index contributed by atoms with van der Waals surface area (Å²) in [7, 11) is 0. The van der Waals surface area contributed by atoms with Crippen LogP contribution in [0.2, 0.25) is 5.02 Å². The van der Waals surface area contributed by atoms with Crippen LogP contribution in [0, 0.1) is 0 Å². The van der Waals surface area contributed by atoms with Crippen LogP contribution in [0.15, 0.2) is 17.4 Å². The van der Waals surface area contributed by atoms with E-state index in [0.717, 1.165) is 55.8 Å². The topological polar surface area (TPSA) is 131 Å². The van der Waals surface area contributed by atoms with E-state index in [0.29, 0.717) is 69.2 Å². The van der Waals surface area contributed by atoms with Crippen LogP contribution < -0.4 is 10.6 Å². The molecule has 0 aliphatic heterocycles. The van der Waals surface area contributed by atoms with E-state index in [1.807, 2.05) is 4.52 Å². The summed E-state index contributed by atoms with van der Waals surface area (Å²) in [6, 6.07) is 2.97. The maximum absolute atomic E-state index is 8.17. The number of fused-ring (bicyclic) bond motifs is 1. The van der Waals surface area contributed by atoms with Crippen LogP contribution in [0.25, 0.3) is 16.1 Å². The average Bonchev–Trinajstić information content (AvgIpc) is 3.49. The fraction of sp³-hybridized carbons (Fsp3) is 0.750. The van der Waals surface area contributed by atoms with E-state index in [2.05, 4.69) is 45.7 Å². The Labute approximate surface area is 217 Å². The van der Waals surface area contributed by atoms with E-state index >= 15 is 0 Å². The minimum Gasteiger partial charge on any atom is -0.379 e. The second-order valence-electron chi connectivity index (χ2n) is 8.90. The molecule has 11 nitrogen and oxygen atoms in total. The predicted octanol–water partition coefficient (Wildman–Crippen LogP) is 4.57. The molecule has 1 fully saturated rings. The SMILES string of the molecule is CCC(CC)c1cc(N[C@H]2CC[C@H](NCCOCCOCCOCCN=[N+]=[N-])C2)n2ncc(Cl)c2n1. The molecule has 0 spiro atoms. The number of hydrogen-bond donors (Lipinski definition) is 2. The molecule has 1 aliphatic carbocycles. The average molecular weight is 523 g/mol. The Bertz CT molecular complexity index is 964. The number of nitrogens with one attached hydrogen (secondary N) is 2. The fourth-order valence-electron chi connectivity index (χ4n) is 4.51. The highest BCUT2D eigenvalue weighted by molar-refractivity contribution is 6.33. The number of aromatic nitrogens is 3. The molecule has 0 aromatic carbocycles. The maximum atomic E-state index is 8.17. The van der Waals surface area contributed by atoms with Gasteiger partial charge in [0.05, 0.1) is 45.8 Å². The van der Waals surface area contributed by atoms with Gasteiger partial charge in [-0.2, -0.15) is 9.61 Å². The second-order valence-corrected chi connectivity index (χ2v) is 9.31. The first-order chi connectivity index (χ1) is 17.7. The smallest absolute Gasteiger partial charge is 0.176 e. The Morgan fingerprint density at radius 3 is 2.53 bits per heavy atom. The lowest BCUT2D eigenvalue weighted by atomic mass is 9.99. The monoisotopic (exact) mass is 522 g/mol. The Morgan fingerprint density at radius 1 is 1.11 bits per heavy atom. The number of hydrogen-bond acceptors (Lipinski definition) is 8. The molecule has 0 bridgehead atoms. The predicted molar refractivity (Wildman–Crippen MR) is 141 cm³/mol. The zero-order valence-electron chi connectivity index (χ0n) is 21.4. The van der Waals surface area contributed by atoms with Crippen molar-refractivity contribution in [3.05, 3.63) is 33.4 Å². The first kappa shape index (κ1) is 28.4. The molecule has 2 N–H and O–H groups in total. The van der Waals surface area contributed by atoms with E-state index in [-0.39, 0.29) is 0 Å². The van der Waals surface area contributed by atoms with Gasteiger partial charge in [0, 0.05) is 47.8 Å². The fourth-order valence-corrected chi connectivity index (χ4v) is 4.67. The molecular formula is C24H39ClN8O3. The largest absolute Gasteiger partial charge is 0.379 e. The number of rotatable bonds is 18. The molecule has 2 aromatic heterocycles. The summed E-state index contributed by atoms with van der Waals surface area (Å²) >= 11 is 6.37. The van der Waals surface area contributed by atoms with Crippen molar-refractivity contribution in [2.75, 3.05) is 58.0 Å². The molecular weight excluding hydrogens is 484 g/mol. The summed E-state index contributed by atoms with van der Waals surface area (Å²) in [5.74, 6) is 1.37. The molecule has 200 valence electrons. The van der Waals surface area contributed by atoms with Gasteiger partial charge < -0.3 is 24.8 Å². The standard InChI is InChI=1S/C24H39ClN8O3/c1-3-18(4-2)22-16-23(33-24(31-22)21(25)17-29-33)30-20-6-5-19(15-20)27-7-9-34-11-13-36-14-12-35-10-8-28-32-26/h16-20,27,30H,3-15H2,1-2H3/t19-,20-/m0/s1. The molecule has 0 amide bonds. The molecule has 2 aromatic rings. The third-order valence-corrected chi connectivity index (χ3v) is 6.73. The van der Waals surface area contributed by atoms with E-state index in [4.69, 9.17) is 36.3 Å². The third-order valence-electron chi connectivity index (χ3n) is 6.46. The summed E-state index contributed by atoms with van der Waals surface area (Å²) in [4.78, 5) is 7.47. The summed E-state index contributed by atoms with van der Waals surface area (Å²) in [5.41, 5.74) is 9.97. The second kappa shape index (κ2) is 15.9. The molecule has 0 unspecified atom stereocenters. The van der Waals surface area contributed by atoms with E-state index < -0.39 is 0 Å². The van der Waals surface area contributed by atoms with E-state index in [1.165, 1.54) is 0 Å². The minimum absolute atomic E-state index is 0.344. The van der Waals surface area contributed by atoms with Crippen LogP contribution in [-0.2, 0) is 14.2 Å². The molecule has 3 rings (SSSR count). The van der Waals surface area contributed by atoms with Crippen molar-refractivity contribution in [1.29, 1.82) is 0 Å². The zero-order chi connectivity index (χ0) is 25.6. The molecule has 0 saturated heterocycles. The number of nitrogens with zero attached hydrogens (tertiary/aromatic N) is 6. The van der Waals surface area contributed by atoms with Crippen molar-refractivity contribution >= 4 is 23.1 Å². The lowest BCUT2D eigenvalue weighted by molar-refractivity contribution is 0.0163. The van der Waals surface area contributed by atoms with Crippen molar-refractivity contribution in [1.82, 2.24) is 19.9 Å². The van der Waals surface area contributed by atoms with Crippen molar-refractivity contribution < 1.29 is 14.2 Å². The highest BCUT2D eigenvalue weighted by atomic mass is 35.5. The molecule has 1 saturated carbocycles.